The molecule has 0 saturated heterocycles. The average Bonchev–Trinajstić information content (AvgIpc) is 2.93. The number of carbonyl (C=O) groups is 1. The van der Waals surface area contributed by atoms with Crippen LogP contribution in [0.4, 0.5) is 4.39 Å². The predicted molar refractivity (Wildman–Crippen MR) is 121 cm³/mol. The second-order valence-corrected chi connectivity index (χ2v) is 9.26. The maximum atomic E-state index is 14.4. The standard InChI is InChI=1S/C24H22FN3O3S/c1-14(2)26-13-28(27-10-9-19(29)23(30)22(27)24(26)31)21-17-6-4-3-5-15(17)12-32-20-8-7-16(25)11-18(20)21/h3-11,14,21,30H,12-13H2,1-2H3. The molecule has 6 nitrogen and oxygen atoms in total. The van der Waals surface area contributed by atoms with E-state index in [0.717, 1.165) is 27.3 Å². The Morgan fingerprint density at radius 1 is 1.09 bits per heavy atom. The van der Waals surface area contributed by atoms with Crippen molar-refractivity contribution >= 4 is 17.7 Å². The third kappa shape index (κ3) is 3.17. The van der Waals surface area contributed by atoms with Crippen LogP contribution in [0, 0.1) is 5.82 Å². The first-order chi connectivity index (χ1) is 15.4. The van der Waals surface area contributed by atoms with Crippen LogP contribution in [0.25, 0.3) is 0 Å². The topological polar surface area (TPSA) is 65.8 Å². The fourth-order valence-electron chi connectivity index (χ4n) is 4.40. The third-order valence-corrected chi connectivity index (χ3v) is 7.15. The van der Waals surface area contributed by atoms with Crippen molar-refractivity contribution in [2.45, 2.75) is 36.6 Å². The number of aromatic nitrogens is 1. The van der Waals surface area contributed by atoms with Gasteiger partial charge in [-0.25, -0.2) is 4.39 Å². The second-order valence-electron chi connectivity index (χ2n) is 8.24. The zero-order valence-electron chi connectivity index (χ0n) is 17.7. The van der Waals surface area contributed by atoms with Crippen LogP contribution in [-0.2, 0) is 5.75 Å². The van der Waals surface area contributed by atoms with Crippen molar-refractivity contribution in [2.24, 2.45) is 0 Å². The molecule has 32 heavy (non-hydrogen) atoms. The number of halogens is 1. The highest BCUT2D eigenvalue weighted by atomic mass is 32.2. The number of hydrogen-bond acceptors (Lipinski definition) is 5. The Labute approximate surface area is 188 Å². The van der Waals surface area contributed by atoms with Crippen LogP contribution in [0.5, 0.6) is 5.75 Å². The Hall–Kier alpha value is -3.26. The van der Waals surface area contributed by atoms with Crippen molar-refractivity contribution in [1.82, 2.24) is 9.58 Å². The fourth-order valence-corrected chi connectivity index (χ4v) is 5.48. The molecule has 2 aliphatic rings. The van der Waals surface area contributed by atoms with Gasteiger partial charge in [0, 0.05) is 29.0 Å². The molecule has 2 aromatic carbocycles. The molecule has 0 aliphatic carbocycles. The van der Waals surface area contributed by atoms with Gasteiger partial charge in [0.2, 0.25) is 5.43 Å². The molecule has 0 saturated carbocycles. The number of pyridine rings is 1. The lowest BCUT2D eigenvalue weighted by molar-refractivity contribution is 0.0621. The summed E-state index contributed by atoms with van der Waals surface area (Å²) in [5, 5.41) is 12.5. The summed E-state index contributed by atoms with van der Waals surface area (Å²) >= 11 is 1.64. The van der Waals surface area contributed by atoms with Crippen molar-refractivity contribution in [3.8, 4) is 5.75 Å². The summed E-state index contributed by atoms with van der Waals surface area (Å²) in [7, 11) is 0. The van der Waals surface area contributed by atoms with Gasteiger partial charge in [0.25, 0.3) is 5.91 Å². The molecule has 1 unspecified atom stereocenters. The van der Waals surface area contributed by atoms with Crippen LogP contribution in [0.1, 0.15) is 47.1 Å². The number of amides is 1. The number of rotatable bonds is 2. The van der Waals surface area contributed by atoms with Crippen molar-refractivity contribution < 1.29 is 14.3 Å². The number of aromatic hydroxyl groups is 1. The molecule has 8 heteroatoms. The molecule has 5 rings (SSSR count). The van der Waals surface area contributed by atoms with Crippen LogP contribution in [-0.4, -0.2) is 33.3 Å². The molecule has 3 aromatic rings. The van der Waals surface area contributed by atoms with Gasteiger partial charge in [0.15, 0.2) is 11.4 Å². The highest BCUT2D eigenvalue weighted by Crippen LogP contribution is 2.43. The average molecular weight is 452 g/mol. The largest absolute Gasteiger partial charge is 0.502 e. The minimum atomic E-state index is -0.613. The monoisotopic (exact) mass is 451 g/mol. The van der Waals surface area contributed by atoms with Crippen LogP contribution in [0.2, 0.25) is 0 Å². The van der Waals surface area contributed by atoms with Gasteiger partial charge in [-0.3, -0.25) is 19.3 Å². The summed E-state index contributed by atoms with van der Waals surface area (Å²) in [5.41, 5.74) is 2.19. The molecule has 3 heterocycles. The van der Waals surface area contributed by atoms with E-state index in [2.05, 4.69) is 6.07 Å². The number of nitrogens with zero attached hydrogens (tertiary/aromatic N) is 3. The van der Waals surface area contributed by atoms with E-state index in [1.54, 1.807) is 27.4 Å². The van der Waals surface area contributed by atoms with Gasteiger partial charge in [-0.05, 0) is 48.7 Å². The SMILES string of the molecule is CC(C)N1CN(C2c3ccccc3CSc3ccc(F)cc32)n2ccc(=O)c(O)c2C1=O. The molecule has 1 atom stereocenters. The second kappa shape index (κ2) is 7.70. The molecule has 0 fully saturated rings. The summed E-state index contributed by atoms with van der Waals surface area (Å²) < 4.78 is 16.0. The lowest BCUT2D eigenvalue weighted by Crippen LogP contribution is -2.57. The van der Waals surface area contributed by atoms with E-state index < -0.39 is 23.1 Å². The van der Waals surface area contributed by atoms with Crippen molar-refractivity contribution in [3.63, 3.8) is 0 Å². The summed E-state index contributed by atoms with van der Waals surface area (Å²) in [4.78, 5) is 27.9. The molecule has 1 aromatic heterocycles. The maximum Gasteiger partial charge on any atom is 0.278 e. The van der Waals surface area contributed by atoms with Crippen molar-refractivity contribution in [1.29, 1.82) is 0 Å². The van der Waals surface area contributed by atoms with Gasteiger partial charge in [-0.1, -0.05) is 24.3 Å². The molecule has 0 bridgehead atoms. The first kappa shape index (κ1) is 20.6. The van der Waals surface area contributed by atoms with E-state index in [1.807, 2.05) is 37.1 Å². The minimum absolute atomic E-state index is 0.0789. The van der Waals surface area contributed by atoms with Gasteiger partial charge < -0.3 is 10.0 Å². The quantitative estimate of drug-likeness (QED) is 0.641. The van der Waals surface area contributed by atoms with E-state index in [4.69, 9.17) is 0 Å². The maximum absolute atomic E-state index is 14.4. The van der Waals surface area contributed by atoms with Crippen LogP contribution in [0.15, 0.2) is 64.4 Å². The Balaban J connectivity index is 1.80. The third-order valence-electron chi connectivity index (χ3n) is 6.01. The van der Waals surface area contributed by atoms with Gasteiger partial charge in [-0.2, -0.15) is 0 Å². The lowest BCUT2D eigenvalue weighted by Gasteiger charge is -2.45. The van der Waals surface area contributed by atoms with E-state index in [9.17, 15) is 19.1 Å². The molecule has 0 spiro atoms. The van der Waals surface area contributed by atoms with Gasteiger partial charge in [0.05, 0.1) is 6.04 Å². The molecule has 2 aliphatic heterocycles. The van der Waals surface area contributed by atoms with Crippen molar-refractivity contribution in [3.05, 3.63) is 93.2 Å². The number of hydrogen-bond donors (Lipinski definition) is 1. The lowest BCUT2D eigenvalue weighted by atomic mass is 9.94. The fraction of sp³-hybridized carbons (Fsp3) is 0.250. The van der Waals surface area contributed by atoms with Crippen LogP contribution < -0.4 is 10.4 Å². The predicted octanol–water partition coefficient (Wildman–Crippen LogP) is 3.85. The Bertz CT molecular complexity index is 1290. The molecular weight excluding hydrogens is 429 g/mol. The van der Waals surface area contributed by atoms with Gasteiger partial charge in [0.1, 0.15) is 12.5 Å². The van der Waals surface area contributed by atoms with Crippen LogP contribution in [0.3, 0.4) is 0 Å². The number of thioether (sulfide) groups is 1. The minimum Gasteiger partial charge on any atom is -0.502 e. The Morgan fingerprint density at radius 3 is 2.66 bits per heavy atom. The van der Waals surface area contributed by atoms with E-state index >= 15 is 0 Å². The smallest absolute Gasteiger partial charge is 0.278 e. The number of fused-ring (bicyclic) bond motifs is 3. The normalized spacial score (nSPS) is 17.6. The van der Waals surface area contributed by atoms with Crippen molar-refractivity contribution in [2.75, 3.05) is 11.7 Å². The molecule has 1 N–H and O–H groups in total. The van der Waals surface area contributed by atoms with Gasteiger partial charge in [-0.15, -0.1) is 11.8 Å². The van der Waals surface area contributed by atoms with E-state index in [-0.39, 0.29) is 24.2 Å². The number of carbonyl (C=O) groups excluding carboxylic acids is 1. The van der Waals surface area contributed by atoms with E-state index in [1.165, 1.54) is 24.4 Å². The molecule has 0 radical (unpaired) electrons. The van der Waals surface area contributed by atoms with Gasteiger partial charge >= 0.3 is 0 Å². The molecule has 164 valence electrons. The molecule has 1 amide bonds. The summed E-state index contributed by atoms with van der Waals surface area (Å²) in [5.74, 6) is -0.606. The highest BCUT2D eigenvalue weighted by Gasteiger charge is 2.39. The van der Waals surface area contributed by atoms with Crippen LogP contribution >= 0.6 is 11.8 Å². The summed E-state index contributed by atoms with van der Waals surface area (Å²) in [6, 6.07) is 13.4. The van der Waals surface area contributed by atoms with E-state index in [0.29, 0.717) is 0 Å². The summed E-state index contributed by atoms with van der Waals surface area (Å²) in [6.45, 7) is 3.98. The highest BCUT2D eigenvalue weighted by molar-refractivity contribution is 7.98. The first-order valence-corrected chi connectivity index (χ1v) is 11.4. The molecular formula is C24H22FN3O3S. The Kier molecular flexibility index (Phi) is 4.97. The first-order valence-electron chi connectivity index (χ1n) is 10.4. The zero-order valence-corrected chi connectivity index (χ0v) is 18.5. The zero-order chi connectivity index (χ0) is 22.6. The summed E-state index contributed by atoms with van der Waals surface area (Å²) in [6.07, 6.45) is 1.51. The number of benzene rings is 2. The Morgan fingerprint density at radius 2 is 1.88 bits per heavy atom.